The minimum atomic E-state index is -0.509. The van der Waals surface area contributed by atoms with Crippen LogP contribution in [-0.2, 0) is 0 Å². The van der Waals surface area contributed by atoms with Gasteiger partial charge < -0.3 is 9.84 Å². The fraction of sp³-hybridized carbons (Fsp3) is 0.385. The lowest BCUT2D eigenvalue weighted by molar-refractivity contribution is 0.192. The molecular formula is C13H18O2. The van der Waals surface area contributed by atoms with Gasteiger partial charge in [-0.15, -0.1) is 0 Å². The maximum absolute atomic E-state index is 9.59. The van der Waals surface area contributed by atoms with Crippen LogP contribution in [0.15, 0.2) is 30.4 Å². The number of aryl methyl sites for hydroxylation is 1. The molecule has 1 aromatic carbocycles. The number of para-hydroxylation sites is 1. The highest BCUT2D eigenvalue weighted by atomic mass is 16.5. The van der Waals surface area contributed by atoms with Crippen LogP contribution in [0.5, 0.6) is 5.75 Å². The van der Waals surface area contributed by atoms with Crippen LogP contribution in [0.4, 0.5) is 0 Å². The molecule has 2 heteroatoms. The molecule has 15 heavy (non-hydrogen) atoms. The van der Waals surface area contributed by atoms with Crippen LogP contribution in [0.25, 0.3) is 0 Å². The lowest BCUT2D eigenvalue weighted by Crippen LogP contribution is -2.04. The molecule has 0 saturated carbocycles. The van der Waals surface area contributed by atoms with Crippen LogP contribution < -0.4 is 4.74 Å². The van der Waals surface area contributed by atoms with Crippen LogP contribution in [0, 0.1) is 6.92 Å². The number of ether oxygens (including phenoxy) is 1. The summed E-state index contributed by atoms with van der Waals surface area (Å²) in [6.45, 7) is 9.90. The predicted octanol–water partition coefficient (Wildman–Crippen LogP) is 3.00. The summed E-state index contributed by atoms with van der Waals surface area (Å²) in [5, 5.41) is 9.59. The quantitative estimate of drug-likeness (QED) is 0.767. The minimum absolute atomic E-state index is 0.491. The summed E-state index contributed by atoms with van der Waals surface area (Å²) in [5.74, 6) is 0.774. The Balaban J connectivity index is 2.97. The number of aliphatic hydroxyl groups excluding tert-OH is 1. The third kappa shape index (κ3) is 3.10. The zero-order valence-electron chi connectivity index (χ0n) is 9.58. The Kier molecular flexibility index (Phi) is 3.92. The van der Waals surface area contributed by atoms with E-state index in [-0.39, 0.29) is 0 Å². The highest BCUT2D eigenvalue weighted by molar-refractivity contribution is 5.42. The van der Waals surface area contributed by atoms with E-state index in [1.807, 2.05) is 32.0 Å². The fourth-order valence-corrected chi connectivity index (χ4v) is 1.40. The van der Waals surface area contributed by atoms with E-state index in [0.29, 0.717) is 6.61 Å². The number of hydrogen-bond donors (Lipinski definition) is 1. The van der Waals surface area contributed by atoms with E-state index in [1.54, 1.807) is 6.92 Å². The van der Waals surface area contributed by atoms with Crippen molar-refractivity contribution < 1.29 is 9.84 Å². The molecule has 0 aliphatic rings. The van der Waals surface area contributed by atoms with Gasteiger partial charge in [0.1, 0.15) is 12.4 Å². The van der Waals surface area contributed by atoms with Gasteiger partial charge in [0.05, 0.1) is 6.10 Å². The number of rotatable bonds is 4. The van der Waals surface area contributed by atoms with Gasteiger partial charge in [-0.05, 0) is 31.9 Å². The molecule has 2 nitrogen and oxygen atoms in total. The van der Waals surface area contributed by atoms with E-state index in [1.165, 1.54) is 0 Å². The molecule has 0 heterocycles. The van der Waals surface area contributed by atoms with E-state index in [2.05, 4.69) is 6.58 Å². The maximum Gasteiger partial charge on any atom is 0.128 e. The smallest absolute Gasteiger partial charge is 0.128 e. The van der Waals surface area contributed by atoms with Crippen LogP contribution >= 0.6 is 0 Å². The van der Waals surface area contributed by atoms with Gasteiger partial charge in [-0.3, -0.25) is 0 Å². The molecular weight excluding hydrogens is 188 g/mol. The zero-order valence-corrected chi connectivity index (χ0v) is 9.58. The van der Waals surface area contributed by atoms with Crippen molar-refractivity contribution in [3.8, 4) is 5.75 Å². The van der Waals surface area contributed by atoms with Gasteiger partial charge in [-0.25, -0.2) is 0 Å². The first-order valence-electron chi connectivity index (χ1n) is 5.07. The van der Waals surface area contributed by atoms with E-state index in [0.717, 1.165) is 22.4 Å². The molecule has 0 aromatic heterocycles. The van der Waals surface area contributed by atoms with Gasteiger partial charge >= 0.3 is 0 Å². The number of hydrogen-bond acceptors (Lipinski definition) is 2. The summed E-state index contributed by atoms with van der Waals surface area (Å²) < 4.78 is 5.63. The molecule has 1 aromatic rings. The molecule has 0 bridgehead atoms. The highest BCUT2D eigenvalue weighted by Crippen LogP contribution is 2.28. The first kappa shape index (κ1) is 11.8. The van der Waals surface area contributed by atoms with E-state index in [4.69, 9.17) is 4.74 Å². The number of aliphatic hydroxyl groups is 1. The monoisotopic (exact) mass is 206 g/mol. The van der Waals surface area contributed by atoms with Crippen molar-refractivity contribution in [1.29, 1.82) is 0 Å². The predicted molar refractivity (Wildman–Crippen MR) is 62.1 cm³/mol. The lowest BCUT2D eigenvalue weighted by Gasteiger charge is -2.15. The van der Waals surface area contributed by atoms with Crippen molar-refractivity contribution in [3.05, 3.63) is 41.5 Å². The first-order chi connectivity index (χ1) is 7.02. The average molecular weight is 206 g/mol. The van der Waals surface area contributed by atoms with Gasteiger partial charge in [-0.1, -0.05) is 24.8 Å². The Morgan fingerprint density at radius 1 is 1.53 bits per heavy atom. The number of benzene rings is 1. The Morgan fingerprint density at radius 3 is 2.73 bits per heavy atom. The maximum atomic E-state index is 9.59. The van der Waals surface area contributed by atoms with Gasteiger partial charge in [-0.2, -0.15) is 0 Å². The standard InChI is InChI=1S/C13H18O2/c1-9(2)8-15-13-10(3)6-5-7-12(13)11(4)14/h5-7,11,14H,1,8H2,2-4H3. The third-order valence-electron chi connectivity index (χ3n) is 2.16. The fourth-order valence-electron chi connectivity index (χ4n) is 1.40. The summed E-state index contributed by atoms with van der Waals surface area (Å²) in [4.78, 5) is 0. The van der Waals surface area contributed by atoms with Crippen molar-refractivity contribution in [2.24, 2.45) is 0 Å². The summed E-state index contributed by atoms with van der Waals surface area (Å²) >= 11 is 0. The Bertz CT molecular complexity index is 354. The Hall–Kier alpha value is -1.28. The molecule has 1 unspecified atom stereocenters. The summed E-state index contributed by atoms with van der Waals surface area (Å²) in [7, 11) is 0. The molecule has 0 aliphatic carbocycles. The molecule has 82 valence electrons. The zero-order chi connectivity index (χ0) is 11.4. The van der Waals surface area contributed by atoms with Gasteiger partial charge in [0.25, 0.3) is 0 Å². The molecule has 0 saturated heterocycles. The van der Waals surface area contributed by atoms with Crippen LogP contribution in [-0.4, -0.2) is 11.7 Å². The second-order valence-electron chi connectivity index (χ2n) is 3.92. The van der Waals surface area contributed by atoms with Crippen LogP contribution in [0.1, 0.15) is 31.1 Å². The van der Waals surface area contributed by atoms with E-state index < -0.39 is 6.10 Å². The summed E-state index contributed by atoms with van der Waals surface area (Å²) in [6.07, 6.45) is -0.509. The van der Waals surface area contributed by atoms with Gasteiger partial charge in [0, 0.05) is 5.56 Å². The molecule has 0 amide bonds. The molecule has 0 radical (unpaired) electrons. The lowest BCUT2D eigenvalue weighted by atomic mass is 10.1. The van der Waals surface area contributed by atoms with Crippen LogP contribution in [0.3, 0.4) is 0 Å². The van der Waals surface area contributed by atoms with Crippen LogP contribution in [0.2, 0.25) is 0 Å². The summed E-state index contributed by atoms with van der Waals surface area (Å²) in [6, 6.07) is 5.77. The second-order valence-corrected chi connectivity index (χ2v) is 3.92. The van der Waals surface area contributed by atoms with Crippen molar-refractivity contribution in [2.45, 2.75) is 26.9 Å². The highest BCUT2D eigenvalue weighted by Gasteiger charge is 2.10. The van der Waals surface area contributed by atoms with Crippen molar-refractivity contribution in [1.82, 2.24) is 0 Å². The Labute approximate surface area is 91.2 Å². The van der Waals surface area contributed by atoms with E-state index >= 15 is 0 Å². The largest absolute Gasteiger partial charge is 0.489 e. The average Bonchev–Trinajstić information content (AvgIpc) is 2.15. The normalized spacial score (nSPS) is 12.3. The molecule has 1 rings (SSSR count). The second kappa shape index (κ2) is 4.99. The third-order valence-corrected chi connectivity index (χ3v) is 2.16. The van der Waals surface area contributed by atoms with Gasteiger partial charge in [0.2, 0.25) is 0 Å². The molecule has 0 aliphatic heterocycles. The minimum Gasteiger partial charge on any atom is -0.489 e. The summed E-state index contributed by atoms with van der Waals surface area (Å²) in [5.41, 5.74) is 2.83. The molecule has 1 N–H and O–H groups in total. The van der Waals surface area contributed by atoms with E-state index in [9.17, 15) is 5.11 Å². The van der Waals surface area contributed by atoms with Gasteiger partial charge in [0.15, 0.2) is 0 Å². The van der Waals surface area contributed by atoms with Crippen molar-refractivity contribution in [3.63, 3.8) is 0 Å². The molecule has 0 fully saturated rings. The SMILES string of the molecule is C=C(C)COc1c(C)cccc1C(C)O. The molecule has 1 atom stereocenters. The van der Waals surface area contributed by atoms with Crippen molar-refractivity contribution >= 4 is 0 Å². The molecule has 0 spiro atoms. The Morgan fingerprint density at radius 2 is 2.20 bits per heavy atom. The van der Waals surface area contributed by atoms with Crippen molar-refractivity contribution in [2.75, 3.05) is 6.61 Å². The first-order valence-corrected chi connectivity index (χ1v) is 5.07. The topological polar surface area (TPSA) is 29.5 Å².